The number of esters is 1. The molecule has 3 aromatic rings. The standard InChI is InChI=1S/C26H25NO4/c1-30-25(28)24(16-15-18-9-3-2-4-10-18)27-26(29)31-17-23-21-13-7-5-11-19(21)20-12-6-8-14-22(20)23/h2-14,23-24H,15-17H2,1H3,(H,27,29). The van der Waals surface area contributed by atoms with Gasteiger partial charge in [-0.25, -0.2) is 9.59 Å². The number of hydrogen-bond donors (Lipinski definition) is 1. The molecule has 0 aliphatic heterocycles. The number of amides is 1. The van der Waals surface area contributed by atoms with Crippen LogP contribution in [0.5, 0.6) is 0 Å². The van der Waals surface area contributed by atoms with Crippen LogP contribution in [0.25, 0.3) is 11.1 Å². The first kappa shape index (κ1) is 20.7. The Morgan fingerprint density at radius 2 is 1.45 bits per heavy atom. The van der Waals surface area contributed by atoms with E-state index in [1.165, 1.54) is 18.2 Å². The zero-order valence-corrected chi connectivity index (χ0v) is 17.4. The van der Waals surface area contributed by atoms with E-state index in [1.807, 2.05) is 54.6 Å². The number of methoxy groups -OCH3 is 1. The smallest absolute Gasteiger partial charge is 0.407 e. The van der Waals surface area contributed by atoms with Gasteiger partial charge in [0.1, 0.15) is 12.6 Å². The van der Waals surface area contributed by atoms with Crippen molar-refractivity contribution in [3.05, 3.63) is 95.6 Å². The predicted octanol–water partition coefficient (Wildman–Crippen LogP) is 4.70. The number of ether oxygens (including phenoxy) is 2. The maximum absolute atomic E-state index is 12.5. The summed E-state index contributed by atoms with van der Waals surface area (Å²) in [5.74, 6) is -0.511. The first-order valence-electron chi connectivity index (χ1n) is 10.4. The lowest BCUT2D eigenvalue weighted by molar-refractivity contribution is -0.143. The molecule has 0 heterocycles. The number of carbonyl (C=O) groups is 2. The largest absolute Gasteiger partial charge is 0.467 e. The van der Waals surface area contributed by atoms with Gasteiger partial charge in [-0.15, -0.1) is 0 Å². The van der Waals surface area contributed by atoms with Crippen molar-refractivity contribution in [2.24, 2.45) is 0 Å². The van der Waals surface area contributed by atoms with Gasteiger partial charge in [-0.2, -0.15) is 0 Å². The normalized spacial score (nSPS) is 13.1. The van der Waals surface area contributed by atoms with Crippen molar-refractivity contribution in [2.45, 2.75) is 24.8 Å². The van der Waals surface area contributed by atoms with Crippen LogP contribution in [-0.4, -0.2) is 31.8 Å². The van der Waals surface area contributed by atoms with Crippen LogP contribution in [0.15, 0.2) is 78.9 Å². The summed E-state index contributed by atoms with van der Waals surface area (Å²) in [5, 5.41) is 2.67. The lowest BCUT2D eigenvalue weighted by Gasteiger charge is -2.18. The zero-order valence-electron chi connectivity index (χ0n) is 17.4. The van der Waals surface area contributed by atoms with Crippen LogP contribution >= 0.6 is 0 Å². The van der Waals surface area contributed by atoms with Crippen molar-refractivity contribution in [1.82, 2.24) is 5.32 Å². The Bertz CT molecular complexity index is 1020. The summed E-state index contributed by atoms with van der Waals surface area (Å²) in [6.45, 7) is 0.201. The Morgan fingerprint density at radius 3 is 2.06 bits per heavy atom. The number of rotatable bonds is 7. The van der Waals surface area contributed by atoms with Gasteiger partial charge < -0.3 is 14.8 Å². The number of aryl methyl sites for hydroxylation is 1. The van der Waals surface area contributed by atoms with Crippen molar-refractivity contribution in [1.29, 1.82) is 0 Å². The maximum atomic E-state index is 12.5. The highest BCUT2D eigenvalue weighted by Crippen LogP contribution is 2.44. The van der Waals surface area contributed by atoms with E-state index in [0.717, 1.165) is 16.7 Å². The minimum Gasteiger partial charge on any atom is -0.467 e. The lowest BCUT2D eigenvalue weighted by Crippen LogP contribution is -2.42. The summed E-state index contributed by atoms with van der Waals surface area (Å²) in [4.78, 5) is 24.7. The molecule has 0 saturated carbocycles. The highest BCUT2D eigenvalue weighted by atomic mass is 16.6. The summed E-state index contributed by atoms with van der Waals surface area (Å²) in [7, 11) is 1.32. The number of hydrogen-bond acceptors (Lipinski definition) is 4. The lowest BCUT2D eigenvalue weighted by atomic mass is 9.98. The molecule has 158 valence electrons. The topological polar surface area (TPSA) is 64.6 Å². The molecule has 1 N–H and O–H groups in total. The van der Waals surface area contributed by atoms with Gasteiger partial charge in [0.05, 0.1) is 7.11 Å². The van der Waals surface area contributed by atoms with Gasteiger partial charge in [-0.05, 0) is 40.7 Å². The Morgan fingerprint density at radius 1 is 0.871 bits per heavy atom. The van der Waals surface area contributed by atoms with Crippen LogP contribution in [-0.2, 0) is 20.7 Å². The molecule has 1 amide bonds. The molecule has 5 nitrogen and oxygen atoms in total. The monoisotopic (exact) mass is 415 g/mol. The predicted molar refractivity (Wildman–Crippen MR) is 119 cm³/mol. The molecule has 0 radical (unpaired) electrons. The third-order valence-corrected chi connectivity index (χ3v) is 5.69. The Balaban J connectivity index is 1.40. The van der Waals surface area contributed by atoms with Crippen molar-refractivity contribution in [3.63, 3.8) is 0 Å². The molecule has 0 fully saturated rings. The summed E-state index contributed by atoms with van der Waals surface area (Å²) in [6, 6.07) is 25.4. The third-order valence-electron chi connectivity index (χ3n) is 5.69. The summed E-state index contributed by atoms with van der Waals surface area (Å²) < 4.78 is 10.4. The molecule has 3 aromatic carbocycles. The van der Waals surface area contributed by atoms with E-state index in [9.17, 15) is 9.59 Å². The van der Waals surface area contributed by atoms with Gasteiger partial charge in [0.25, 0.3) is 0 Å². The van der Waals surface area contributed by atoms with E-state index < -0.39 is 18.1 Å². The van der Waals surface area contributed by atoms with Gasteiger partial charge in [0, 0.05) is 5.92 Å². The fraction of sp³-hybridized carbons (Fsp3) is 0.231. The second kappa shape index (κ2) is 9.47. The van der Waals surface area contributed by atoms with Crippen molar-refractivity contribution in [2.75, 3.05) is 13.7 Å². The van der Waals surface area contributed by atoms with E-state index in [1.54, 1.807) is 0 Å². The summed E-state index contributed by atoms with van der Waals surface area (Å²) in [6.07, 6.45) is 0.454. The molecule has 4 rings (SSSR count). The second-order valence-corrected chi connectivity index (χ2v) is 7.57. The van der Waals surface area contributed by atoms with Gasteiger partial charge in [0.15, 0.2) is 0 Å². The minimum atomic E-state index is -0.763. The number of nitrogens with one attached hydrogen (secondary N) is 1. The Labute approximate surface area is 182 Å². The quantitative estimate of drug-likeness (QED) is 0.568. The van der Waals surface area contributed by atoms with E-state index in [2.05, 4.69) is 29.6 Å². The summed E-state index contributed by atoms with van der Waals surface area (Å²) in [5.41, 5.74) is 5.71. The Kier molecular flexibility index (Phi) is 6.32. The molecule has 0 saturated heterocycles. The summed E-state index contributed by atoms with van der Waals surface area (Å²) >= 11 is 0. The SMILES string of the molecule is COC(=O)C(CCc1ccccc1)NC(=O)OCC1c2ccccc2-c2ccccc21. The zero-order chi connectivity index (χ0) is 21.6. The van der Waals surface area contributed by atoms with E-state index in [-0.39, 0.29) is 12.5 Å². The molecule has 1 atom stereocenters. The van der Waals surface area contributed by atoms with E-state index in [4.69, 9.17) is 9.47 Å². The van der Waals surface area contributed by atoms with E-state index >= 15 is 0 Å². The molecule has 0 bridgehead atoms. The number of carbonyl (C=O) groups excluding carboxylic acids is 2. The van der Waals surface area contributed by atoms with Crippen molar-refractivity contribution >= 4 is 12.1 Å². The molecule has 1 aliphatic carbocycles. The molecule has 0 aromatic heterocycles. The highest BCUT2D eigenvalue weighted by molar-refractivity contribution is 5.82. The van der Waals surface area contributed by atoms with Crippen LogP contribution < -0.4 is 5.32 Å². The second-order valence-electron chi connectivity index (χ2n) is 7.57. The molecule has 0 spiro atoms. The Hall–Kier alpha value is -3.60. The number of benzene rings is 3. The van der Waals surface area contributed by atoms with Crippen LogP contribution in [0.4, 0.5) is 4.79 Å². The fourth-order valence-corrected chi connectivity index (χ4v) is 4.13. The number of fused-ring (bicyclic) bond motifs is 3. The minimum absolute atomic E-state index is 0.0287. The fourth-order valence-electron chi connectivity index (χ4n) is 4.13. The molecule has 5 heteroatoms. The third kappa shape index (κ3) is 4.61. The first-order chi connectivity index (χ1) is 15.2. The maximum Gasteiger partial charge on any atom is 0.407 e. The van der Waals surface area contributed by atoms with Crippen molar-refractivity contribution < 1.29 is 19.1 Å². The number of alkyl carbamates (subject to hydrolysis) is 1. The van der Waals surface area contributed by atoms with Gasteiger partial charge in [-0.3, -0.25) is 0 Å². The van der Waals surface area contributed by atoms with Crippen molar-refractivity contribution in [3.8, 4) is 11.1 Å². The molecule has 1 aliphatic rings. The van der Waals surface area contributed by atoms with Crippen LogP contribution in [0.3, 0.4) is 0 Å². The van der Waals surface area contributed by atoms with Crippen LogP contribution in [0.2, 0.25) is 0 Å². The van der Waals surface area contributed by atoms with E-state index in [0.29, 0.717) is 12.8 Å². The average Bonchev–Trinajstić information content (AvgIpc) is 3.14. The van der Waals surface area contributed by atoms with Gasteiger partial charge >= 0.3 is 12.1 Å². The molecular formula is C26H25NO4. The van der Waals surface area contributed by atoms with Gasteiger partial charge in [0.2, 0.25) is 0 Å². The van der Waals surface area contributed by atoms with Crippen LogP contribution in [0.1, 0.15) is 29.0 Å². The van der Waals surface area contributed by atoms with Gasteiger partial charge in [-0.1, -0.05) is 78.9 Å². The first-order valence-corrected chi connectivity index (χ1v) is 10.4. The highest BCUT2D eigenvalue weighted by Gasteiger charge is 2.29. The molecular weight excluding hydrogens is 390 g/mol. The average molecular weight is 415 g/mol. The molecule has 31 heavy (non-hydrogen) atoms. The van der Waals surface area contributed by atoms with Crippen LogP contribution in [0, 0.1) is 0 Å². The molecule has 1 unspecified atom stereocenters.